The molecule has 18 heavy (non-hydrogen) atoms. The van der Waals surface area contributed by atoms with E-state index in [2.05, 4.69) is 0 Å². The van der Waals surface area contributed by atoms with E-state index in [4.69, 9.17) is 18.7 Å². The Morgan fingerprint density at radius 3 is 3.06 bits per heavy atom. The summed E-state index contributed by atoms with van der Waals surface area (Å²) in [5.74, 6) is 0. The molecule has 0 spiro atoms. The molecule has 0 amide bonds. The van der Waals surface area contributed by atoms with E-state index in [1.165, 1.54) is 0 Å². The minimum absolute atomic E-state index is 0.587. The third-order valence-corrected chi connectivity index (χ3v) is 2.75. The number of aromatic amines is 1. The summed E-state index contributed by atoms with van der Waals surface area (Å²) in [4.78, 5) is 24.7. The molecule has 1 unspecified atom stereocenters. The van der Waals surface area contributed by atoms with Gasteiger partial charge < -0.3 is 19.7 Å². The number of hydrogen-bond acceptors (Lipinski definition) is 6. The molecule has 1 saturated heterocycles. The van der Waals surface area contributed by atoms with Gasteiger partial charge in [-0.1, -0.05) is 0 Å². The van der Waals surface area contributed by atoms with Crippen molar-refractivity contribution in [1.82, 2.24) is 9.55 Å². The molecule has 1 fully saturated rings. The first-order chi connectivity index (χ1) is 9.73. The fourth-order valence-electron chi connectivity index (χ4n) is 1.85. The molecule has 0 bridgehead atoms. The monoisotopic (exact) mass is 261 g/mol. The van der Waals surface area contributed by atoms with Crippen molar-refractivity contribution in [3.05, 3.63) is 33.1 Å². The van der Waals surface area contributed by atoms with Crippen LogP contribution in [-0.4, -0.2) is 51.7 Å². The summed E-state index contributed by atoms with van der Waals surface area (Å²) in [5, 5.41) is 19.0. The van der Waals surface area contributed by atoms with E-state index >= 15 is 0 Å². The summed E-state index contributed by atoms with van der Waals surface area (Å²) in [7, 11) is -2.83. The van der Waals surface area contributed by atoms with E-state index in [0.717, 1.165) is 16.8 Å². The number of H-pyrrole nitrogens is 1. The topological polar surface area (TPSA) is 114 Å². The maximum atomic E-state index is 11.7. The van der Waals surface area contributed by atoms with Crippen LogP contribution < -0.4 is 11.2 Å². The number of aliphatic hydroxyl groups is 2. The molecule has 1 aromatic heterocycles. The normalized spacial score (nSPS) is 34.9. The average Bonchev–Trinajstić information content (AvgIpc) is 2.65. The number of nitrogens with one attached hydrogen (secondary N) is 1. The molecule has 0 radical (unpaired) electrons. The van der Waals surface area contributed by atoms with E-state index in [-0.39, 0.29) is 0 Å². The van der Waals surface area contributed by atoms with Crippen LogP contribution in [0.25, 0.3) is 0 Å². The first-order valence-electron chi connectivity index (χ1n) is 6.66. The van der Waals surface area contributed by atoms with Crippen molar-refractivity contribution in [1.29, 1.82) is 0 Å². The Balaban J connectivity index is 2.38. The average molecular weight is 261 g/mol. The van der Waals surface area contributed by atoms with Crippen molar-refractivity contribution in [2.24, 2.45) is 0 Å². The fraction of sp³-hybridized carbons (Fsp3) is 0.600. The Bertz CT molecular complexity index is 612. The summed E-state index contributed by atoms with van der Waals surface area (Å²) in [6.07, 6.45) is -4.16. The van der Waals surface area contributed by atoms with E-state index in [1.54, 1.807) is 0 Å². The zero-order chi connectivity index (χ0) is 15.8. The van der Waals surface area contributed by atoms with E-state index in [9.17, 15) is 14.7 Å². The summed E-state index contributed by atoms with van der Waals surface area (Å²) >= 11 is 0. The van der Waals surface area contributed by atoms with Gasteiger partial charge in [-0.3, -0.25) is 14.3 Å². The van der Waals surface area contributed by atoms with E-state index in [0.29, 0.717) is 0 Å². The molecule has 8 heteroatoms. The minimum Gasteiger partial charge on any atom is -0.394 e. The van der Waals surface area contributed by atoms with Crippen LogP contribution in [0.2, 0.25) is 0 Å². The van der Waals surface area contributed by atoms with Gasteiger partial charge in [-0.2, -0.15) is 0 Å². The minimum atomic E-state index is -2.83. The molecule has 1 aliphatic rings. The molecule has 0 aliphatic carbocycles. The second-order valence-electron chi connectivity index (χ2n) is 3.84. The zero-order valence-electron chi connectivity index (χ0n) is 12.1. The van der Waals surface area contributed by atoms with Crippen LogP contribution in [0.3, 0.4) is 0 Å². The number of nitrogens with zero attached hydrogens (tertiary/aromatic N) is 1. The van der Waals surface area contributed by atoms with Crippen LogP contribution in [-0.2, 0) is 9.47 Å². The van der Waals surface area contributed by atoms with Crippen molar-refractivity contribution in [3.63, 3.8) is 0 Å². The highest BCUT2D eigenvalue weighted by molar-refractivity contribution is 4.93. The van der Waals surface area contributed by atoms with Gasteiger partial charge >= 0.3 is 5.69 Å². The van der Waals surface area contributed by atoms with Crippen molar-refractivity contribution in [2.75, 3.05) is 13.6 Å². The molecule has 0 saturated carbocycles. The quantitative estimate of drug-likeness (QED) is 0.569. The first kappa shape index (κ1) is 9.45. The number of methoxy groups -OCH3 is 1. The molecule has 4 atom stereocenters. The van der Waals surface area contributed by atoms with Gasteiger partial charge in [-0.05, 0) is 0 Å². The fourth-order valence-corrected chi connectivity index (χ4v) is 1.85. The highest BCUT2D eigenvalue weighted by Crippen LogP contribution is 2.29. The maximum absolute atomic E-state index is 11.7. The molecule has 1 aliphatic heterocycles. The predicted octanol–water partition coefficient (Wildman–Crippen LogP) is -2.20. The Hall–Kier alpha value is -1.48. The number of ether oxygens (including phenoxy) is 2. The third-order valence-electron chi connectivity index (χ3n) is 2.75. The smallest absolute Gasteiger partial charge is 0.330 e. The number of aromatic nitrogens is 2. The molecule has 2 heterocycles. The maximum Gasteiger partial charge on any atom is 0.330 e. The highest BCUT2D eigenvalue weighted by atomic mass is 16.6. The van der Waals surface area contributed by atoms with Gasteiger partial charge in [0.25, 0.3) is 5.56 Å². The molecule has 100 valence electrons. The zero-order valence-corrected chi connectivity index (χ0v) is 9.15. The molecular weight excluding hydrogens is 244 g/mol. The lowest BCUT2D eigenvalue weighted by molar-refractivity contribution is -0.0625. The highest BCUT2D eigenvalue weighted by Gasteiger charge is 2.45. The SMILES string of the molecule is [2H]C([2H])([2H])O[C@H]1C(O)[C@@H](CO)O[C@H]1n1ccc(=O)[nH]c1=O. The molecule has 0 aromatic carbocycles. The van der Waals surface area contributed by atoms with E-state index < -0.39 is 49.4 Å². The lowest BCUT2D eigenvalue weighted by atomic mass is 10.1. The number of rotatable bonds is 3. The number of aliphatic hydroxyl groups excluding tert-OH is 2. The molecule has 2 rings (SSSR count). The lowest BCUT2D eigenvalue weighted by Gasteiger charge is -2.19. The second kappa shape index (κ2) is 5.02. The second-order valence-corrected chi connectivity index (χ2v) is 3.84. The summed E-state index contributed by atoms with van der Waals surface area (Å²) in [6, 6.07) is 1.04. The largest absolute Gasteiger partial charge is 0.394 e. The van der Waals surface area contributed by atoms with Crippen molar-refractivity contribution in [3.8, 4) is 0 Å². The van der Waals surface area contributed by atoms with Crippen molar-refractivity contribution >= 4 is 0 Å². The Morgan fingerprint density at radius 2 is 2.44 bits per heavy atom. The van der Waals surface area contributed by atoms with Gasteiger partial charge in [0.05, 0.1) is 10.7 Å². The van der Waals surface area contributed by atoms with Gasteiger partial charge in [0.15, 0.2) is 6.23 Å². The van der Waals surface area contributed by atoms with Gasteiger partial charge in [0.2, 0.25) is 0 Å². The summed E-state index contributed by atoms with van der Waals surface area (Å²) in [6.45, 7) is -0.587. The van der Waals surface area contributed by atoms with Gasteiger partial charge in [0.1, 0.15) is 18.3 Å². The Labute approximate surface area is 106 Å². The predicted molar refractivity (Wildman–Crippen MR) is 59.1 cm³/mol. The van der Waals surface area contributed by atoms with Crippen molar-refractivity contribution in [2.45, 2.75) is 24.5 Å². The van der Waals surface area contributed by atoms with Crippen LogP contribution in [0.4, 0.5) is 0 Å². The Morgan fingerprint density at radius 1 is 1.67 bits per heavy atom. The summed E-state index contributed by atoms with van der Waals surface area (Å²) < 4.78 is 32.2. The first-order valence-corrected chi connectivity index (χ1v) is 5.16. The van der Waals surface area contributed by atoms with Crippen molar-refractivity contribution < 1.29 is 23.8 Å². The Kier molecular flexibility index (Phi) is 2.64. The molecule has 1 aromatic rings. The van der Waals surface area contributed by atoms with E-state index in [1.807, 2.05) is 4.98 Å². The van der Waals surface area contributed by atoms with Crippen LogP contribution in [0.15, 0.2) is 21.9 Å². The van der Waals surface area contributed by atoms with Gasteiger partial charge in [-0.15, -0.1) is 0 Å². The van der Waals surface area contributed by atoms with Gasteiger partial charge in [-0.25, -0.2) is 4.79 Å². The molecule has 8 nitrogen and oxygen atoms in total. The van der Waals surface area contributed by atoms with Crippen LogP contribution in [0.1, 0.15) is 10.3 Å². The summed E-state index contributed by atoms with van der Waals surface area (Å²) in [5.41, 5.74) is -1.49. The van der Waals surface area contributed by atoms with Crippen LogP contribution >= 0.6 is 0 Å². The third kappa shape index (κ3) is 2.10. The molecule has 3 N–H and O–H groups in total. The molecular formula is C10H14N2O6. The number of hydrogen-bond donors (Lipinski definition) is 3. The van der Waals surface area contributed by atoms with Crippen LogP contribution in [0.5, 0.6) is 0 Å². The van der Waals surface area contributed by atoms with Crippen LogP contribution in [0, 0.1) is 0 Å². The lowest BCUT2D eigenvalue weighted by Crippen LogP contribution is -2.38. The standard InChI is InChI=1S/C10H14N2O6/c1-17-8-7(15)5(4-13)18-9(8)12-3-2-6(14)11-10(12)16/h2-3,5,7-9,13,15H,4H2,1H3,(H,11,14,16)/t5-,7?,8+,9-/m1/s1/i1D3. The van der Waals surface area contributed by atoms with Gasteiger partial charge in [0, 0.05) is 19.3 Å².